The molecule has 1 heterocycles. The van der Waals surface area contributed by atoms with Gasteiger partial charge in [-0.15, -0.1) is 0 Å². The molecule has 4 amide bonds. The normalized spacial score (nSPS) is 23.8. The van der Waals surface area contributed by atoms with Gasteiger partial charge in [0.05, 0.1) is 42.9 Å². The van der Waals surface area contributed by atoms with Gasteiger partial charge in [-0.1, -0.05) is 102 Å². The summed E-state index contributed by atoms with van der Waals surface area (Å²) >= 11 is 0. The van der Waals surface area contributed by atoms with E-state index in [0.29, 0.717) is 11.3 Å². The van der Waals surface area contributed by atoms with Crippen molar-refractivity contribution in [1.82, 2.24) is 31.4 Å². The van der Waals surface area contributed by atoms with E-state index in [0.717, 1.165) is 12.1 Å². The third-order valence-electron chi connectivity index (χ3n) is 6.92. The van der Waals surface area contributed by atoms with Crippen molar-refractivity contribution >= 4 is 24.0 Å². The number of hydrogen-bond acceptors (Lipinski definition) is 9. The summed E-state index contributed by atoms with van der Waals surface area (Å²) in [6, 6.07) is 7.38. The number of nitrogens with zero attached hydrogens (tertiary/aromatic N) is 2. The van der Waals surface area contributed by atoms with Crippen molar-refractivity contribution in [2.24, 2.45) is 10.8 Å². The van der Waals surface area contributed by atoms with Gasteiger partial charge in [0.15, 0.2) is 0 Å². The summed E-state index contributed by atoms with van der Waals surface area (Å²) in [5, 5.41) is 17.1. The van der Waals surface area contributed by atoms with Crippen LogP contribution in [-0.4, -0.2) is 84.0 Å². The van der Waals surface area contributed by atoms with Gasteiger partial charge in [0.2, 0.25) is 5.91 Å². The minimum absolute atomic E-state index is 0.0635. The van der Waals surface area contributed by atoms with Crippen LogP contribution in [0.3, 0.4) is 0 Å². The molecule has 0 bridgehead atoms. The summed E-state index contributed by atoms with van der Waals surface area (Å²) in [5.41, 5.74) is -6.76. The van der Waals surface area contributed by atoms with Gasteiger partial charge in [0.1, 0.15) is 12.1 Å². The highest BCUT2D eigenvalue weighted by molar-refractivity contribution is 5.87. The summed E-state index contributed by atoms with van der Waals surface area (Å²) in [7, 11) is -7.41. The number of hydrazine groups is 1. The Balaban J connectivity index is 2.45. The molecule has 3 aromatic rings. The summed E-state index contributed by atoms with van der Waals surface area (Å²) in [6.07, 6.45) is -6.39. The van der Waals surface area contributed by atoms with E-state index in [4.69, 9.17) is 32.9 Å². The highest BCUT2D eigenvalue weighted by Crippen LogP contribution is 2.23. The van der Waals surface area contributed by atoms with Crippen LogP contribution in [0.15, 0.2) is 79.0 Å². The minimum atomic E-state index is -4.44. The molecule has 0 aliphatic rings. The number of carbonyl (C=O) groups is 4. The molecule has 0 spiro atoms. The van der Waals surface area contributed by atoms with Gasteiger partial charge >= 0.3 is 12.2 Å². The lowest BCUT2D eigenvalue weighted by atomic mass is 9.85. The number of amides is 4. The van der Waals surface area contributed by atoms with Crippen molar-refractivity contribution in [3.63, 3.8) is 0 Å². The molecule has 0 saturated heterocycles. The van der Waals surface area contributed by atoms with Gasteiger partial charge in [-0.3, -0.25) is 20.0 Å². The third-order valence-corrected chi connectivity index (χ3v) is 6.92. The number of methoxy groups -OCH3 is 2. The van der Waals surface area contributed by atoms with Gasteiger partial charge in [0, 0.05) is 49.5 Å². The van der Waals surface area contributed by atoms with Crippen LogP contribution in [-0.2, 0) is 32.0 Å². The molecule has 5 N–H and O–H groups in total. The van der Waals surface area contributed by atoms with E-state index in [-0.39, 0.29) is 10.6 Å². The number of ether oxygens (including phenoxy) is 2. The summed E-state index contributed by atoms with van der Waals surface area (Å²) in [4.78, 5) is 59.7. The fraction of sp³-hybridized carbons (Fsp3) is 0.447. The van der Waals surface area contributed by atoms with E-state index in [1.807, 2.05) is 5.32 Å². The van der Waals surface area contributed by atoms with Crippen molar-refractivity contribution in [3.8, 4) is 11.3 Å². The van der Waals surface area contributed by atoms with Gasteiger partial charge < -0.3 is 30.5 Å². The van der Waals surface area contributed by atoms with Crippen LogP contribution in [0.2, 0.25) is 0 Å². The number of benzene rings is 2. The van der Waals surface area contributed by atoms with Crippen LogP contribution < -0.4 is 21.4 Å². The molecule has 2 aromatic carbocycles. The number of alkyl carbamates (subject to hydrolysis) is 2. The smallest absolute Gasteiger partial charge is 0.407 e. The van der Waals surface area contributed by atoms with Crippen molar-refractivity contribution < 1.29 is 69.4 Å². The van der Waals surface area contributed by atoms with E-state index in [9.17, 15) is 27.0 Å². The first-order chi connectivity index (χ1) is 34.6. The SMILES string of the molecule is [2H]C([2H])([2H])OC(=O)N[C@H](C(=O)N[C@@H](Cc1ccccc1)[C@@H](O)CN(NC(=O)[C@@H](NC(=O)OC([2H])([2H])[2H])C(C([2H])([2H])[2H])(C([2H])([2H])[2H])C([2H])([2H])[2H])C([2H])([2H])c1ccc(-c2ccccn2)cc1)C(C([2H])([2H])[2H])(C([2H])([2H])[2H])C([2H])([2H])[2H]. The second kappa shape index (κ2) is 18.3. The number of aliphatic hydroxyl groups excluding tert-OH is 1. The molecule has 276 valence electrons. The van der Waals surface area contributed by atoms with Crippen molar-refractivity contribution in [3.05, 3.63) is 90.1 Å². The molecule has 0 unspecified atom stereocenters. The second-order valence-electron chi connectivity index (χ2n) is 10.9. The van der Waals surface area contributed by atoms with Crippen molar-refractivity contribution in [2.75, 3.05) is 20.6 Å². The predicted molar refractivity (Wildman–Crippen MR) is 194 cm³/mol. The first kappa shape index (κ1) is 17.0. The van der Waals surface area contributed by atoms with Crippen LogP contribution in [0.25, 0.3) is 11.3 Å². The van der Waals surface area contributed by atoms with E-state index in [1.165, 1.54) is 59.3 Å². The third kappa shape index (κ3) is 12.7. The topological polar surface area (TPSA) is 171 Å². The van der Waals surface area contributed by atoms with Gasteiger partial charge in [0.25, 0.3) is 5.91 Å². The number of aromatic nitrogens is 1. The van der Waals surface area contributed by atoms with Crippen molar-refractivity contribution in [2.45, 2.75) is 78.3 Å². The Morgan fingerprint density at radius 1 is 0.784 bits per heavy atom. The highest BCUT2D eigenvalue weighted by atomic mass is 16.5. The fourth-order valence-corrected chi connectivity index (χ4v) is 4.49. The Labute approximate surface area is 337 Å². The summed E-state index contributed by atoms with van der Waals surface area (Å²) < 4.78 is 219. The zero-order chi connectivity index (χ0) is 59.6. The summed E-state index contributed by atoms with van der Waals surface area (Å²) in [5.74, 6) is -4.34. The van der Waals surface area contributed by atoms with E-state index < -0.39 is 139 Å². The molecule has 51 heavy (non-hydrogen) atoms. The quantitative estimate of drug-likeness (QED) is 0.153. The Morgan fingerprint density at radius 2 is 1.37 bits per heavy atom. The maximum atomic E-state index is 14.8. The largest absolute Gasteiger partial charge is 0.453 e. The van der Waals surface area contributed by atoms with Gasteiger partial charge in [-0.05, 0) is 40.5 Å². The molecule has 0 saturated carbocycles. The molecule has 0 fully saturated rings. The minimum Gasteiger partial charge on any atom is -0.453 e. The van der Waals surface area contributed by atoms with Crippen LogP contribution in [0.1, 0.15) is 87.9 Å². The highest BCUT2D eigenvalue weighted by Gasteiger charge is 2.37. The van der Waals surface area contributed by atoms with Crippen LogP contribution in [0.5, 0.6) is 0 Å². The second-order valence-corrected chi connectivity index (χ2v) is 10.9. The number of hydrogen-bond donors (Lipinski definition) is 5. The van der Waals surface area contributed by atoms with E-state index in [1.54, 1.807) is 23.6 Å². The molecule has 13 heteroatoms. The lowest BCUT2D eigenvalue weighted by Gasteiger charge is -2.35. The standard InChI is InChI=1S/C38H52N6O7/c1-37(2,3)31(41-35(48)50-7)33(46)40-29(22-25-14-10-9-11-15-25)30(45)24-44(43-34(47)32(38(4,5)6)42-36(49)51-8)23-26-17-19-27(20-18-26)28-16-12-13-21-39-28/h9-21,29-32,45H,22-24H2,1-8H3,(H,40,46)(H,41,48)(H,42,49)(H,43,47)/t29-,30-,31+,32+/m0/s1/i1D3,2D3,3D3,4D3,5D3,6D3,7D3,8D3,23D2. The average Bonchev–Trinajstić information content (AvgIpc) is 3.22. The molecule has 0 radical (unpaired) electrons. The fourth-order valence-electron chi connectivity index (χ4n) is 4.49. The Kier molecular flexibility index (Phi) is 6.10. The first-order valence-corrected chi connectivity index (χ1v) is 14.7. The molecule has 3 rings (SSSR count). The molecule has 4 atom stereocenters. The zero-order valence-electron chi connectivity index (χ0n) is 52.5. The Bertz CT molecular complexity index is 2420. The van der Waals surface area contributed by atoms with Crippen molar-refractivity contribution in [1.29, 1.82) is 0 Å². The number of pyridine rings is 1. The van der Waals surface area contributed by atoms with Gasteiger partial charge in [-0.2, -0.15) is 0 Å². The Hall–Kier alpha value is -5.01. The van der Waals surface area contributed by atoms with E-state index >= 15 is 0 Å². The monoisotopic (exact) mass is 731 g/mol. The number of aliphatic hydroxyl groups is 1. The number of rotatable bonds is 14. The predicted octanol–water partition coefficient (Wildman–Crippen LogP) is 4.21. The Morgan fingerprint density at radius 3 is 1.92 bits per heavy atom. The zero-order valence-corrected chi connectivity index (χ0v) is 26.5. The van der Waals surface area contributed by atoms with Crippen LogP contribution >= 0.6 is 0 Å². The maximum absolute atomic E-state index is 14.8. The van der Waals surface area contributed by atoms with Crippen LogP contribution in [0.4, 0.5) is 9.59 Å². The lowest BCUT2D eigenvalue weighted by molar-refractivity contribution is -0.132. The average molecular weight is 731 g/mol. The molecule has 0 aliphatic carbocycles. The van der Waals surface area contributed by atoms with Crippen LogP contribution in [0, 0.1) is 10.8 Å². The molecular formula is C38H52N6O7. The van der Waals surface area contributed by atoms with Gasteiger partial charge in [-0.25, -0.2) is 14.6 Å². The lowest BCUT2D eigenvalue weighted by Crippen LogP contribution is -2.60. The number of carbonyl (C=O) groups excluding carboxylic acids is 4. The number of nitrogens with one attached hydrogen (secondary N) is 4. The summed E-state index contributed by atoms with van der Waals surface area (Å²) in [6.45, 7) is -30.9. The maximum Gasteiger partial charge on any atom is 0.407 e. The molecular weight excluding hydrogens is 652 g/mol. The first-order valence-electron chi connectivity index (χ1n) is 27.7. The van der Waals surface area contributed by atoms with E-state index in [2.05, 4.69) is 14.5 Å². The molecule has 1 aromatic heterocycles. The molecule has 13 nitrogen and oxygen atoms in total. The molecule has 0 aliphatic heterocycles.